The molecule has 0 saturated carbocycles. The highest BCUT2D eigenvalue weighted by Crippen LogP contribution is 2.34. The van der Waals surface area contributed by atoms with Crippen LogP contribution in [0.1, 0.15) is 17.4 Å². The van der Waals surface area contributed by atoms with E-state index in [4.69, 9.17) is 0 Å². The lowest BCUT2D eigenvalue weighted by Crippen LogP contribution is -2.23. The van der Waals surface area contributed by atoms with Gasteiger partial charge in [0.2, 0.25) is 5.91 Å². The van der Waals surface area contributed by atoms with E-state index in [9.17, 15) is 9.59 Å². The number of benzene rings is 1. The van der Waals surface area contributed by atoms with Crippen molar-refractivity contribution in [2.24, 2.45) is 0 Å². The van der Waals surface area contributed by atoms with Crippen LogP contribution in [0.2, 0.25) is 0 Å². The fraction of sp³-hybridized carbons (Fsp3) is 0.278. The molecule has 1 amide bonds. The van der Waals surface area contributed by atoms with Gasteiger partial charge in [0.1, 0.15) is 4.83 Å². The van der Waals surface area contributed by atoms with Crippen molar-refractivity contribution in [1.29, 1.82) is 0 Å². The van der Waals surface area contributed by atoms with Gasteiger partial charge in [-0.2, -0.15) is 0 Å². The minimum Gasteiger partial charge on any atom is -0.323 e. The Kier molecular flexibility index (Phi) is 7.07. The van der Waals surface area contributed by atoms with Gasteiger partial charge in [0.05, 0.1) is 16.8 Å². The zero-order chi connectivity index (χ0) is 20.6. The first-order valence-corrected chi connectivity index (χ1v) is 12.5. The van der Waals surface area contributed by atoms with Gasteiger partial charge < -0.3 is 5.32 Å². The average molecular weight is 610 g/mol. The minimum atomic E-state index is -0.177. The van der Waals surface area contributed by atoms with E-state index in [1.54, 1.807) is 4.57 Å². The third-order valence-electron chi connectivity index (χ3n) is 4.17. The number of halogens is 3. The van der Waals surface area contributed by atoms with Crippen LogP contribution < -0.4 is 10.9 Å². The van der Waals surface area contributed by atoms with Gasteiger partial charge in [0.25, 0.3) is 5.56 Å². The number of hydrogen-bond donors (Lipinski definition) is 1. The van der Waals surface area contributed by atoms with Gasteiger partial charge in [-0.15, -0.1) is 11.3 Å². The topological polar surface area (TPSA) is 64.0 Å². The molecule has 2 heterocycles. The summed E-state index contributed by atoms with van der Waals surface area (Å²) < 4.78 is 4.05. The van der Waals surface area contributed by atoms with Gasteiger partial charge in [-0.25, -0.2) is 4.98 Å². The lowest BCUT2D eigenvalue weighted by molar-refractivity contribution is -0.113. The number of anilines is 1. The van der Waals surface area contributed by atoms with Crippen LogP contribution >= 0.6 is 70.9 Å². The molecule has 0 unspecified atom stereocenters. The molecule has 2 aromatic heterocycles. The zero-order valence-electron chi connectivity index (χ0n) is 15.2. The van der Waals surface area contributed by atoms with Gasteiger partial charge in [-0.3, -0.25) is 14.2 Å². The fourth-order valence-corrected chi connectivity index (χ4v) is 7.06. The SMILES string of the molecule is CCn1c(SCC(=O)Nc2c(Br)cc(Br)cc2Br)nc2sc(C)c(C)c2c1=O. The van der Waals surface area contributed by atoms with E-state index in [0.717, 1.165) is 28.7 Å². The molecule has 5 nitrogen and oxygen atoms in total. The summed E-state index contributed by atoms with van der Waals surface area (Å²) in [6.07, 6.45) is 0. The Morgan fingerprint density at radius 1 is 1.25 bits per heavy atom. The van der Waals surface area contributed by atoms with Crippen molar-refractivity contribution in [3.8, 4) is 0 Å². The van der Waals surface area contributed by atoms with Crippen LogP contribution in [0.3, 0.4) is 0 Å². The highest BCUT2D eigenvalue weighted by molar-refractivity contribution is 9.11. The summed E-state index contributed by atoms with van der Waals surface area (Å²) in [5.41, 5.74) is 1.60. The van der Waals surface area contributed by atoms with Crippen molar-refractivity contribution in [2.45, 2.75) is 32.5 Å². The van der Waals surface area contributed by atoms with Gasteiger partial charge >= 0.3 is 0 Å². The molecule has 28 heavy (non-hydrogen) atoms. The van der Waals surface area contributed by atoms with Crippen molar-refractivity contribution >= 4 is 92.7 Å². The average Bonchev–Trinajstić information content (AvgIpc) is 2.90. The maximum Gasteiger partial charge on any atom is 0.263 e. The predicted molar refractivity (Wildman–Crippen MR) is 128 cm³/mol. The Balaban J connectivity index is 1.84. The molecule has 3 rings (SSSR count). The first kappa shape index (κ1) is 22.0. The maximum atomic E-state index is 12.9. The largest absolute Gasteiger partial charge is 0.323 e. The maximum absolute atomic E-state index is 12.9. The summed E-state index contributed by atoms with van der Waals surface area (Å²) in [6, 6.07) is 3.72. The summed E-state index contributed by atoms with van der Waals surface area (Å²) in [6.45, 7) is 6.35. The first-order valence-electron chi connectivity index (χ1n) is 8.30. The fourth-order valence-electron chi connectivity index (χ4n) is 2.66. The summed E-state index contributed by atoms with van der Waals surface area (Å²) in [7, 11) is 0. The Morgan fingerprint density at radius 2 is 1.89 bits per heavy atom. The molecule has 3 aromatic rings. The second-order valence-corrected chi connectivity index (χ2v) is 10.8. The van der Waals surface area contributed by atoms with E-state index < -0.39 is 0 Å². The number of rotatable bonds is 5. The number of thioether (sulfide) groups is 1. The normalized spacial score (nSPS) is 11.2. The molecule has 0 aliphatic carbocycles. The number of carbonyl (C=O) groups is 1. The van der Waals surface area contributed by atoms with Crippen molar-refractivity contribution < 1.29 is 4.79 Å². The number of amides is 1. The van der Waals surface area contributed by atoms with E-state index in [2.05, 4.69) is 58.1 Å². The van der Waals surface area contributed by atoms with Gasteiger partial charge in [-0.05, 0) is 70.3 Å². The second-order valence-electron chi connectivity index (χ2n) is 5.99. The molecule has 0 aliphatic rings. The Hall–Kier alpha value is -0.680. The second kappa shape index (κ2) is 8.99. The molecular weight excluding hydrogens is 594 g/mol. The molecule has 1 N–H and O–H groups in total. The third-order valence-corrected chi connectivity index (χ3v) is 7.96. The molecule has 0 fully saturated rings. The smallest absolute Gasteiger partial charge is 0.263 e. The molecule has 1 aromatic carbocycles. The summed E-state index contributed by atoms with van der Waals surface area (Å²) in [5, 5.41) is 4.13. The number of aromatic nitrogens is 2. The molecule has 0 saturated heterocycles. The van der Waals surface area contributed by atoms with Gasteiger partial charge in [0, 0.05) is 24.8 Å². The van der Waals surface area contributed by atoms with E-state index in [1.807, 2.05) is 32.9 Å². The van der Waals surface area contributed by atoms with Gasteiger partial charge in [-0.1, -0.05) is 27.7 Å². The molecule has 10 heteroatoms. The van der Waals surface area contributed by atoms with Crippen LogP contribution in [-0.4, -0.2) is 21.2 Å². The molecular formula is C18H16Br3N3O2S2. The summed E-state index contributed by atoms with van der Waals surface area (Å²) in [4.78, 5) is 31.8. The number of carbonyl (C=O) groups excluding carboxylic acids is 1. The molecule has 148 valence electrons. The van der Waals surface area contributed by atoms with Crippen LogP contribution in [0, 0.1) is 13.8 Å². The van der Waals surface area contributed by atoms with Crippen molar-refractivity contribution in [3.05, 3.63) is 46.3 Å². The third kappa shape index (κ3) is 4.40. The quantitative estimate of drug-likeness (QED) is 0.280. The minimum absolute atomic E-state index is 0.0457. The lowest BCUT2D eigenvalue weighted by Gasteiger charge is -2.12. The molecule has 0 spiro atoms. The highest BCUT2D eigenvalue weighted by atomic mass is 79.9. The number of aryl methyl sites for hydroxylation is 2. The molecule has 0 atom stereocenters. The van der Waals surface area contributed by atoms with Crippen LogP contribution in [0.4, 0.5) is 5.69 Å². The van der Waals surface area contributed by atoms with Crippen molar-refractivity contribution in [3.63, 3.8) is 0 Å². The van der Waals surface area contributed by atoms with Crippen LogP contribution in [0.15, 0.2) is 35.5 Å². The Morgan fingerprint density at radius 3 is 2.50 bits per heavy atom. The summed E-state index contributed by atoms with van der Waals surface area (Å²) >= 11 is 13.1. The monoisotopic (exact) mass is 607 g/mol. The number of thiophene rings is 1. The number of hydrogen-bond acceptors (Lipinski definition) is 5. The standard InChI is InChI=1S/C18H16Br3N3O2S2/c1-4-24-17(26)14-8(2)9(3)28-16(14)23-18(24)27-7-13(25)22-15-11(20)5-10(19)6-12(15)21/h5-6H,4,7H2,1-3H3,(H,22,25). The van der Waals surface area contributed by atoms with Crippen LogP contribution in [0.25, 0.3) is 10.2 Å². The molecule has 0 aliphatic heterocycles. The Labute approximate surface area is 195 Å². The van der Waals surface area contributed by atoms with E-state index in [-0.39, 0.29) is 17.2 Å². The molecule has 0 bridgehead atoms. The molecule has 0 radical (unpaired) electrons. The predicted octanol–water partition coefficient (Wildman–Crippen LogP) is 6.11. The number of nitrogens with one attached hydrogen (secondary N) is 1. The van der Waals surface area contributed by atoms with Gasteiger partial charge in [0.15, 0.2) is 5.16 Å². The lowest BCUT2D eigenvalue weighted by atomic mass is 10.2. The zero-order valence-corrected chi connectivity index (χ0v) is 21.6. The Bertz CT molecular complexity index is 1120. The van der Waals surface area contributed by atoms with E-state index in [0.29, 0.717) is 22.8 Å². The first-order chi connectivity index (χ1) is 13.2. The van der Waals surface area contributed by atoms with Crippen molar-refractivity contribution in [2.75, 3.05) is 11.1 Å². The van der Waals surface area contributed by atoms with Crippen LogP contribution in [0.5, 0.6) is 0 Å². The van der Waals surface area contributed by atoms with Crippen molar-refractivity contribution in [1.82, 2.24) is 9.55 Å². The van der Waals surface area contributed by atoms with E-state index in [1.165, 1.54) is 23.1 Å². The number of fused-ring (bicyclic) bond motifs is 1. The highest BCUT2D eigenvalue weighted by Gasteiger charge is 2.17. The van der Waals surface area contributed by atoms with E-state index >= 15 is 0 Å². The van der Waals surface area contributed by atoms with Crippen LogP contribution in [-0.2, 0) is 11.3 Å². The number of nitrogens with zero attached hydrogens (tertiary/aromatic N) is 2. The summed E-state index contributed by atoms with van der Waals surface area (Å²) in [5.74, 6) is -0.0276.